The van der Waals surface area contributed by atoms with E-state index >= 15 is 0 Å². The van der Waals surface area contributed by atoms with E-state index in [1.807, 2.05) is 0 Å². The maximum Gasteiger partial charge on any atom is 0.308 e. The molecule has 2 N–H and O–H groups in total. The van der Waals surface area contributed by atoms with Gasteiger partial charge in [0.15, 0.2) is 0 Å². The molecule has 4 nitrogen and oxygen atoms in total. The summed E-state index contributed by atoms with van der Waals surface area (Å²) in [6.45, 7) is 4.74. The number of hydrogen-bond donors (Lipinski definition) is 2. The van der Waals surface area contributed by atoms with Gasteiger partial charge in [-0.15, -0.1) is 0 Å². The van der Waals surface area contributed by atoms with Crippen LogP contribution in [0.3, 0.4) is 0 Å². The van der Waals surface area contributed by atoms with Gasteiger partial charge in [-0.2, -0.15) is 0 Å². The van der Waals surface area contributed by atoms with Crippen molar-refractivity contribution in [3.63, 3.8) is 0 Å². The molecule has 2 atom stereocenters. The topological polar surface area (TPSA) is 58.6 Å². The van der Waals surface area contributed by atoms with Gasteiger partial charge >= 0.3 is 5.97 Å². The summed E-state index contributed by atoms with van der Waals surface area (Å²) in [6, 6.07) is 0.0203. The van der Waals surface area contributed by atoms with Crippen LogP contribution in [0.4, 0.5) is 0 Å². The highest BCUT2D eigenvalue weighted by molar-refractivity contribution is 5.70. The summed E-state index contributed by atoms with van der Waals surface area (Å²) in [5, 5.41) is 13.2. The molecule has 82 valence electrons. The minimum Gasteiger partial charge on any atom is -0.466 e. The molecule has 0 unspecified atom stereocenters. The first-order valence-electron chi connectivity index (χ1n) is 5.17. The fraction of sp³-hybridized carbons (Fsp3) is 0.900. The molecule has 0 aromatic heterocycles. The summed E-state index contributed by atoms with van der Waals surface area (Å²) in [5.41, 5.74) is -0.983. The summed E-state index contributed by atoms with van der Waals surface area (Å²) in [6.07, 6.45) is 2.05. The SMILES string of the molecule is CCOC(=O)C[C@](C)(O)[C@@H]1CCCN1. The molecule has 0 spiro atoms. The predicted octanol–water partition coefficient (Wildman–Crippen LogP) is 0.443. The molecule has 1 rings (SSSR count). The number of carbonyl (C=O) groups excluding carboxylic acids is 1. The summed E-state index contributed by atoms with van der Waals surface area (Å²) in [4.78, 5) is 11.2. The second-order valence-electron chi connectivity index (χ2n) is 3.99. The minimum atomic E-state index is -0.983. The molecule has 4 heteroatoms. The largest absolute Gasteiger partial charge is 0.466 e. The average Bonchev–Trinajstić information content (AvgIpc) is 2.54. The molecular formula is C10H19NO3. The Morgan fingerprint density at radius 1 is 1.71 bits per heavy atom. The van der Waals surface area contributed by atoms with Crippen molar-refractivity contribution in [3.8, 4) is 0 Å². The number of ether oxygens (including phenoxy) is 1. The van der Waals surface area contributed by atoms with E-state index in [-0.39, 0.29) is 18.4 Å². The quantitative estimate of drug-likeness (QED) is 0.648. The molecular weight excluding hydrogens is 182 g/mol. The highest BCUT2D eigenvalue weighted by Crippen LogP contribution is 2.22. The molecule has 14 heavy (non-hydrogen) atoms. The number of carbonyl (C=O) groups is 1. The molecule has 0 saturated carbocycles. The Labute approximate surface area is 84.6 Å². The van der Waals surface area contributed by atoms with Crippen LogP contribution in [0, 0.1) is 0 Å². The van der Waals surface area contributed by atoms with Gasteiger partial charge < -0.3 is 15.2 Å². The van der Waals surface area contributed by atoms with Gasteiger partial charge in [0, 0.05) is 6.04 Å². The fourth-order valence-corrected chi connectivity index (χ4v) is 1.84. The van der Waals surface area contributed by atoms with E-state index in [2.05, 4.69) is 5.32 Å². The van der Waals surface area contributed by atoms with Crippen molar-refractivity contribution in [3.05, 3.63) is 0 Å². The van der Waals surface area contributed by atoms with E-state index in [1.54, 1.807) is 13.8 Å². The van der Waals surface area contributed by atoms with Gasteiger partial charge in [-0.05, 0) is 33.2 Å². The molecule has 1 heterocycles. The Morgan fingerprint density at radius 3 is 2.93 bits per heavy atom. The van der Waals surface area contributed by atoms with Crippen LogP contribution in [0.2, 0.25) is 0 Å². The molecule has 1 saturated heterocycles. The second-order valence-corrected chi connectivity index (χ2v) is 3.99. The first-order chi connectivity index (χ1) is 6.56. The van der Waals surface area contributed by atoms with Crippen molar-refractivity contribution < 1.29 is 14.6 Å². The first kappa shape index (κ1) is 11.5. The fourth-order valence-electron chi connectivity index (χ4n) is 1.84. The highest BCUT2D eigenvalue weighted by Gasteiger charge is 2.36. The van der Waals surface area contributed by atoms with Crippen LogP contribution >= 0.6 is 0 Å². The van der Waals surface area contributed by atoms with Gasteiger partial charge in [-0.3, -0.25) is 4.79 Å². The van der Waals surface area contributed by atoms with Crippen LogP contribution in [0.25, 0.3) is 0 Å². The van der Waals surface area contributed by atoms with Gasteiger partial charge in [0.2, 0.25) is 0 Å². The van der Waals surface area contributed by atoms with Crippen LogP contribution < -0.4 is 5.32 Å². The standard InChI is InChI=1S/C10H19NO3/c1-3-14-9(12)7-10(2,13)8-5-4-6-11-8/h8,11,13H,3-7H2,1-2H3/t8-,10-/m0/s1. The molecule has 0 amide bonds. The van der Waals surface area contributed by atoms with Crippen molar-refractivity contribution in [2.75, 3.05) is 13.2 Å². The molecule has 0 aromatic rings. The Morgan fingerprint density at radius 2 is 2.43 bits per heavy atom. The number of rotatable bonds is 4. The summed E-state index contributed by atoms with van der Waals surface area (Å²) in [7, 11) is 0. The number of aliphatic hydroxyl groups is 1. The van der Waals surface area contributed by atoms with E-state index < -0.39 is 5.60 Å². The number of nitrogens with one attached hydrogen (secondary N) is 1. The van der Waals surface area contributed by atoms with Crippen LogP contribution in [0.15, 0.2) is 0 Å². The third kappa shape index (κ3) is 2.96. The smallest absolute Gasteiger partial charge is 0.308 e. The third-order valence-electron chi connectivity index (χ3n) is 2.62. The van der Waals surface area contributed by atoms with Gasteiger partial charge in [-0.1, -0.05) is 0 Å². The summed E-state index contributed by atoms with van der Waals surface area (Å²) >= 11 is 0. The lowest BCUT2D eigenvalue weighted by atomic mass is 9.92. The monoisotopic (exact) mass is 201 g/mol. The number of esters is 1. The second kappa shape index (κ2) is 4.75. The zero-order chi connectivity index (χ0) is 10.6. The zero-order valence-corrected chi connectivity index (χ0v) is 8.88. The van der Waals surface area contributed by atoms with Crippen molar-refractivity contribution >= 4 is 5.97 Å². The molecule has 0 aromatic carbocycles. The van der Waals surface area contributed by atoms with E-state index in [4.69, 9.17) is 4.74 Å². The van der Waals surface area contributed by atoms with Crippen molar-refractivity contribution in [1.82, 2.24) is 5.32 Å². The zero-order valence-electron chi connectivity index (χ0n) is 8.88. The van der Waals surface area contributed by atoms with Crippen molar-refractivity contribution in [2.24, 2.45) is 0 Å². The molecule has 1 aliphatic rings. The van der Waals surface area contributed by atoms with E-state index in [0.717, 1.165) is 19.4 Å². The maximum atomic E-state index is 11.2. The number of hydrogen-bond acceptors (Lipinski definition) is 4. The molecule has 1 fully saturated rings. The van der Waals surface area contributed by atoms with E-state index in [0.29, 0.717) is 6.61 Å². The van der Waals surface area contributed by atoms with Crippen LogP contribution in [0.1, 0.15) is 33.1 Å². The Balaban J connectivity index is 2.43. The highest BCUT2D eigenvalue weighted by atomic mass is 16.5. The van der Waals surface area contributed by atoms with Gasteiger partial charge in [0.05, 0.1) is 18.6 Å². The summed E-state index contributed by atoms with van der Waals surface area (Å²) in [5.74, 6) is -0.328. The minimum absolute atomic E-state index is 0.0203. The van der Waals surface area contributed by atoms with Gasteiger partial charge in [0.1, 0.15) is 0 Å². The maximum absolute atomic E-state index is 11.2. The van der Waals surface area contributed by atoms with Gasteiger partial charge in [-0.25, -0.2) is 0 Å². The van der Waals surface area contributed by atoms with Crippen molar-refractivity contribution in [1.29, 1.82) is 0 Å². The Hall–Kier alpha value is -0.610. The summed E-state index contributed by atoms with van der Waals surface area (Å²) < 4.78 is 4.81. The van der Waals surface area contributed by atoms with Crippen molar-refractivity contribution in [2.45, 2.75) is 44.8 Å². The van der Waals surface area contributed by atoms with Crippen LogP contribution in [0.5, 0.6) is 0 Å². The Bertz CT molecular complexity index is 198. The molecule has 1 aliphatic heterocycles. The first-order valence-corrected chi connectivity index (χ1v) is 5.17. The normalized spacial score (nSPS) is 25.8. The lowest BCUT2D eigenvalue weighted by molar-refractivity contribution is -0.149. The molecule has 0 radical (unpaired) electrons. The average molecular weight is 201 g/mol. The van der Waals surface area contributed by atoms with Crippen LogP contribution in [-0.4, -0.2) is 35.9 Å². The Kier molecular flexibility index (Phi) is 3.89. The van der Waals surface area contributed by atoms with E-state index in [1.165, 1.54) is 0 Å². The molecule has 0 aliphatic carbocycles. The molecule has 0 bridgehead atoms. The lowest BCUT2D eigenvalue weighted by Crippen LogP contribution is -2.46. The predicted molar refractivity (Wildman–Crippen MR) is 52.9 cm³/mol. The van der Waals surface area contributed by atoms with E-state index in [9.17, 15) is 9.90 Å². The third-order valence-corrected chi connectivity index (χ3v) is 2.62. The lowest BCUT2D eigenvalue weighted by Gasteiger charge is -2.29. The van der Waals surface area contributed by atoms with Crippen LogP contribution in [-0.2, 0) is 9.53 Å². The van der Waals surface area contributed by atoms with Gasteiger partial charge in [0.25, 0.3) is 0 Å².